The minimum atomic E-state index is 0.989. The van der Waals surface area contributed by atoms with E-state index in [9.17, 15) is 0 Å². The fourth-order valence-corrected chi connectivity index (χ4v) is 9.11. The number of hydrogen-bond donors (Lipinski definition) is 0. The molecule has 0 bridgehead atoms. The maximum atomic E-state index is 4.67. The van der Waals surface area contributed by atoms with Crippen molar-refractivity contribution in [2.75, 3.05) is 0 Å². The van der Waals surface area contributed by atoms with Crippen LogP contribution < -0.4 is 0 Å². The highest BCUT2D eigenvalue weighted by Crippen LogP contribution is 2.40. The van der Waals surface area contributed by atoms with Crippen LogP contribution in [-0.2, 0) is 0 Å². The Morgan fingerprint density at radius 3 is 1.50 bits per heavy atom. The molecule has 0 amide bonds. The quantitative estimate of drug-likeness (QED) is 0.170. The summed E-state index contributed by atoms with van der Waals surface area (Å²) in [5.41, 5.74) is 12.8. The summed E-state index contributed by atoms with van der Waals surface area (Å²) in [4.78, 5) is 9.05. The topological polar surface area (TPSA) is 35.6 Å². The second-order valence-corrected chi connectivity index (χ2v) is 14.6. The van der Waals surface area contributed by atoms with E-state index >= 15 is 0 Å². The van der Waals surface area contributed by atoms with Crippen LogP contribution in [0.1, 0.15) is 0 Å². The average Bonchev–Trinajstić information content (AvgIpc) is 3.79. The Balaban J connectivity index is 1.00. The molecule has 0 aliphatic rings. The van der Waals surface area contributed by atoms with Gasteiger partial charge < -0.3 is 9.13 Å². The lowest BCUT2D eigenvalue weighted by atomic mass is 9.94. The monoisotopic (exact) mass is 712 g/mol. The molecule has 12 aromatic rings. The van der Waals surface area contributed by atoms with Crippen molar-refractivity contribution in [3.8, 4) is 33.6 Å². The molecule has 4 nitrogen and oxygen atoms in total. The summed E-state index contributed by atoms with van der Waals surface area (Å²) in [6.07, 6.45) is 3.58. The van der Waals surface area contributed by atoms with E-state index in [-0.39, 0.29) is 0 Å². The van der Waals surface area contributed by atoms with Crippen LogP contribution in [0, 0.1) is 0 Å². The van der Waals surface area contributed by atoms with Crippen molar-refractivity contribution in [3.05, 3.63) is 195 Å². The van der Waals surface area contributed by atoms with Crippen LogP contribution in [-0.4, -0.2) is 19.1 Å². The van der Waals surface area contributed by atoms with E-state index in [2.05, 4.69) is 201 Å². The summed E-state index contributed by atoms with van der Waals surface area (Å²) in [6.45, 7) is 0. The molecule has 0 atom stereocenters. The molecular weight excluding hydrogens is 681 g/mol. The van der Waals surface area contributed by atoms with Crippen molar-refractivity contribution in [2.24, 2.45) is 0 Å². The first-order valence-corrected chi connectivity index (χ1v) is 19.1. The largest absolute Gasteiger partial charge is 0.309 e. The molecule has 12 rings (SSSR count). The molecule has 0 N–H and O–H groups in total. The molecule has 0 saturated carbocycles. The first-order chi connectivity index (χ1) is 27.8. The van der Waals surface area contributed by atoms with Crippen LogP contribution in [0.2, 0.25) is 0 Å². The van der Waals surface area contributed by atoms with Gasteiger partial charge >= 0.3 is 0 Å². The predicted octanol–water partition coefficient (Wildman–Crippen LogP) is 13.5. The molecular formula is C52H32N4. The van der Waals surface area contributed by atoms with Gasteiger partial charge in [-0.25, -0.2) is 9.97 Å². The normalized spacial score (nSPS) is 11.9. The van der Waals surface area contributed by atoms with Gasteiger partial charge in [-0.2, -0.15) is 0 Å². The number of nitrogens with zero attached hydrogens (tertiary/aromatic N) is 4. The Morgan fingerprint density at radius 2 is 0.804 bits per heavy atom. The molecule has 0 spiro atoms. The van der Waals surface area contributed by atoms with Crippen LogP contribution in [0.25, 0.3) is 110 Å². The summed E-state index contributed by atoms with van der Waals surface area (Å²) in [7, 11) is 0. The van der Waals surface area contributed by atoms with E-state index in [0.29, 0.717) is 0 Å². The maximum absolute atomic E-state index is 4.67. The Labute approximate surface area is 322 Å². The third kappa shape index (κ3) is 4.53. The second-order valence-electron chi connectivity index (χ2n) is 14.6. The van der Waals surface area contributed by atoms with Crippen LogP contribution in [0.15, 0.2) is 195 Å². The van der Waals surface area contributed by atoms with Crippen LogP contribution >= 0.6 is 0 Å². The molecule has 56 heavy (non-hydrogen) atoms. The summed E-state index contributed by atoms with van der Waals surface area (Å²) >= 11 is 0. The number of benzene rings is 9. The smallest absolute Gasteiger partial charge is 0.116 e. The fraction of sp³-hybridized carbons (Fsp3) is 0. The summed E-state index contributed by atoms with van der Waals surface area (Å²) < 4.78 is 4.78. The van der Waals surface area contributed by atoms with Gasteiger partial charge in [-0.3, -0.25) is 0 Å². The van der Waals surface area contributed by atoms with Crippen LogP contribution in [0.5, 0.6) is 0 Å². The number of aromatic nitrogens is 4. The SMILES string of the molecule is c1ccc(-n2c3ccccc3c3cc(-c4ccc5c(c4)c4ccccc4n5-c4cccc(-c5ccc6c(c5)c5ccccc5c5ncncc65)c4)ccc32)cc1. The van der Waals surface area contributed by atoms with Crippen molar-refractivity contribution in [1.29, 1.82) is 0 Å². The zero-order valence-electron chi connectivity index (χ0n) is 30.3. The van der Waals surface area contributed by atoms with Gasteiger partial charge in [0, 0.05) is 49.9 Å². The Hall–Kier alpha value is -7.56. The molecule has 0 aliphatic carbocycles. The van der Waals surface area contributed by atoms with Crippen molar-refractivity contribution < 1.29 is 0 Å². The Morgan fingerprint density at radius 1 is 0.304 bits per heavy atom. The number of rotatable bonds is 4. The second kappa shape index (κ2) is 12.0. The molecule has 9 aromatic carbocycles. The van der Waals surface area contributed by atoms with Gasteiger partial charge in [0.25, 0.3) is 0 Å². The van der Waals surface area contributed by atoms with Crippen LogP contribution in [0.3, 0.4) is 0 Å². The minimum Gasteiger partial charge on any atom is -0.309 e. The van der Waals surface area contributed by atoms with Gasteiger partial charge in [-0.15, -0.1) is 0 Å². The first kappa shape index (κ1) is 30.9. The van der Waals surface area contributed by atoms with Gasteiger partial charge in [0.15, 0.2) is 0 Å². The van der Waals surface area contributed by atoms with E-state index in [4.69, 9.17) is 0 Å². The summed E-state index contributed by atoms with van der Waals surface area (Å²) in [6, 6.07) is 66.3. The molecule has 0 radical (unpaired) electrons. The highest BCUT2D eigenvalue weighted by Gasteiger charge is 2.17. The lowest BCUT2D eigenvalue weighted by molar-refractivity contribution is 1.18. The van der Waals surface area contributed by atoms with Gasteiger partial charge in [0.2, 0.25) is 0 Å². The molecule has 260 valence electrons. The predicted molar refractivity (Wildman–Crippen MR) is 234 cm³/mol. The highest BCUT2D eigenvalue weighted by molar-refractivity contribution is 6.24. The summed E-state index contributed by atoms with van der Waals surface area (Å²) in [5.74, 6) is 0. The Bertz CT molecular complexity index is 3500. The standard InChI is InChI=1S/C52H32N4/c1-2-12-37(13-3-1)55-48-19-8-6-16-41(48)45-29-35(22-25-50(45)55)36-23-26-51-46(30-36)42-17-7-9-20-49(42)56(51)38-14-10-11-33(27-38)34-21-24-40-44(28-34)39-15-4-5-18-43(39)52-47(40)31-53-32-54-52/h1-32H. The highest BCUT2D eigenvalue weighted by atomic mass is 15.0. The van der Waals surface area contributed by atoms with Crippen molar-refractivity contribution in [3.63, 3.8) is 0 Å². The average molecular weight is 713 g/mol. The third-order valence-corrected chi connectivity index (χ3v) is 11.6. The number of fused-ring (bicyclic) bond motifs is 12. The van der Waals surface area contributed by atoms with E-state index in [1.807, 2.05) is 6.20 Å². The minimum absolute atomic E-state index is 0.989. The van der Waals surface area contributed by atoms with Gasteiger partial charge in [-0.05, 0) is 105 Å². The van der Waals surface area contributed by atoms with Crippen molar-refractivity contribution >= 4 is 76.1 Å². The molecule has 0 saturated heterocycles. The van der Waals surface area contributed by atoms with Crippen molar-refractivity contribution in [1.82, 2.24) is 19.1 Å². The number of hydrogen-bond acceptors (Lipinski definition) is 2. The zero-order valence-corrected chi connectivity index (χ0v) is 30.3. The molecule has 4 heteroatoms. The maximum Gasteiger partial charge on any atom is 0.116 e. The van der Waals surface area contributed by atoms with E-state index in [1.54, 1.807) is 6.33 Å². The zero-order chi connectivity index (χ0) is 36.7. The molecule has 0 fully saturated rings. The van der Waals surface area contributed by atoms with E-state index < -0.39 is 0 Å². The van der Waals surface area contributed by atoms with Crippen molar-refractivity contribution in [2.45, 2.75) is 0 Å². The Kier molecular flexibility index (Phi) is 6.60. The molecule has 0 unspecified atom stereocenters. The van der Waals surface area contributed by atoms with Crippen LogP contribution in [0.4, 0.5) is 0 Å². The summed E-state index contributed by atoms with van der Waals surface area (Å²) in [5, 5.41) is 10.8. The lowest BCUT2D eigenvalue weighted by Gasteiger charge is -2.13. The lowest BCUT2D eigenvalue weighted by Crippen LogP contribution is -1.94. The van der Waals surface area contributed by atoms with E-state index in [1.165, 1.54) is 87.7 Å². The molecule has 3 aromatic heterocycles. The van der Waals surface area contributed by atoms with Gasteiger partial charge in [0.05, 0.1) is 27.6 Å². The molecule has 3 heterocycles. The molecule has 0 aliphatic heterocycles. The fourth-order valence-electron chi connectivity index (χ4n) is 9.11. The van der Waals surface area contributed by atoms with E-state index in [0.717, 1.165) is 22.0 Å². The third-order valence-electron chi connectivity index (χ3n) is 11.6. The van der Waals surface area contributed by atoms with Gasteiger partial charge in [0.1, 0.15) is 6.33 Å². The van der Waals surface area contributed by atoms with Gasteiger partial charge in [-0.1, -0.05) is 115 Å². The number of para-hydroxylation sites is 3. The first-order valence-electron chi connectivity index (χ1n) is 19.1.